The Morgan fingerprint density at radius 2 is 0.540 bits per heavy atom. The van der Waals surface area contributed by atoms with Crippen molar-refractivity contribution < 1.29 is 80.2 Å². The topological polar surface area (TPSA) is 237 Å². The molecule has 19 heteroatoms. The predicted molar refractivity (Wildman–Crippen MR) is 409 cm³/mol. The number of hydrogen-bond donors (Lipinski definition) is 3. The lowest BCUT2D eigenvalue weighted by Gasteiger charge is -2.21. The minimum absolute atomic E-state index is 0.0390. The number of phosphoric acid groups is 2. The van der Waals surface area contributed by atoms with Crippen molar-refractivity contribution in [3.63, 3.8) is 0 Å². The maximum atomic E-state index is 13.1. The average molecular weight is 1450 g/mol. The fourth-order valence-corrected chi connectivity index (χ4v) is 12.4. The lowest BCUT2D eigenvalue weighted by atomic mass is 10.0. The Morgan fingerprint density at radius 1 is 0.290 bits per heavy atom. The number of phosphoric ester groups is 2. The molecule has 0 fully saturated rings. The van der Waals surface area contributed by atoms with Crippen LogP contribution in [0.3, 0.4) is 0 Å². The van der Waals surface area contributed by atoms with Crippen molar-refractivity contribution in [2.24, 2.45) is 0 Å². The molecule has 100 heavy (non-hydrogen) atoms. The summed E-state index contributed by atoms with van der Waals surface area (Å²) in [7, 11) is -9.96. The van der Waals surface area contributed by atoms with Crippen LogP contribution in [0.25, 0.3) is 0 Å². The predicted octanol–water partition coefficient (Wildman–Crippen LogP) is 23.0. The SMILES string of the molecule is CC/C=C\C/C=C\C/C=C\C/C=C\C/C=C\C/C=C\CCC(=O)OC[C@H](COP(=O)(O)OC[C@@H](O)COP(=O)(O)OC[C@@H](COC(=O)CCCCCCCCCCCCCCC)OC(=O)CCCCCCC/C=C\CCCCCCCC)OC(=O)CCCCCCCCCCCCCCC. The van der Waals surface area contributed by atoms with Crippen LogP contribution in [0.5, 0.6) is 0 Å². The van der Waals surface area contributed by atoms with Crippen molar-refractivity contribution in [2.45, 2.75) is 367 Å². The van der Waals surface area contributed by atoms with Crippen molar-refractivity contribution >= 4 is 39.5 Å². The summed E-state index contributed by atoms with van der Waals surface area (Å²) in [6.07, 6.45) is 75.8. The van der Waals surface area contributed by atoms with Gasteiger partial charge in [0.2, 0.25) is 0 Å². The molecule has 0 amide bonds. The zero-order valence-corrected chi connectivity index (χ0v) is 65.2. The lowest BCUT2D eigenvalue weighted by Crippen LogP contribution is -2.30. The average Bonchev–Trinajstić information content (AvgIpc) is 0.924. The summed E-state index contributed by atoms with van der Waals surface area (Å²) in [5.74, 6) is -2.25. The van der Waals surface area contributed by atoms with Gasteiger partial charge in [0.1, 0.15) is 19.3 Å². The Bertz CT molecular complexity index is 2230. The Labute approximate surface area is 608 Å². The highest BCUT2D eigenvalue weighted by Crippen LogP contribution is 2.45. The van der Waals surface area contributed by atoms with Crippen molar-refractivity contribution in [1.29, 1.82) is 0 Å². The normalized spacial score (nSPS) is 14.3. The maximum Gasteiger partial charge on any atom is 0.472 e. The molecule has 0 aliphatic carbocycles. The molecule has 5 atom stereocenters. The van der Waals surface area contributed by atoms with Crippen LogP contribution in [0, 0.1) is 0 Å². The number of aliphatic hydroxyl groups is 1. The van der Waals surface area contributed by atoms with Gasteiger partial charge in [0.15, 0.2) is 12.2 Å². The van der Waals surface area contributed by atoms with Crippen LogP contribution in [0.2, 0.25) is 0 Å². The number of ether oxygens (including phenoxy) is 4. The molecule has 0 aromatic rings. The molecular weight excluding hydrogens is 1310 g/mol. The summed E-state index contributed by atoms with van der Waals surface area (Å²) in [5, 5.41) is 10.6. The molecule has 0 aliphatic rings. The quantitative estimate of drug-likeness (QED) is 0.0169. The summed E-state index contributed by atoms with van der Waals surface area (Å²) in [4.78, 5) is 72.9. The first-order chi connectivity index (χ1) is 48.7. The van der Waals surface area contributed by atoms with Gasteiger partial charge in [-0.3, -0.25) is 37.3 Å². The second-order valence-electron chi connectivity index (χ2n) is 26.6. The minimum Gasteiger partial charge on any atom is -0.462 e. The van der Waals surface area contributed by atoms with Gasteiger partial charge in [-0.1, -0.05) is 318 Å². The Kier molecular flexibility index (Phi) is 70.8. The Balaban J connectivity index is 5.38. The van der Waals surface area contributed by atoms with Crippen LogP contribution in [0.4, 0.5) is 0 Å². The molecule has 0 bridgehead atoms. The number of carbonyl (C=O) groups excluding carboxylic acids is 4. The second kappa shape index (κ2) is 73.5. The number of hydrogen-bond acceptors (Lipinski definition) is 15. The Morgan fingerprint density at radius 3 is 0.860 bits per heavy atom. The van der Waals surface area contributed by atoms with Gasteiger partial charge in [-0.2, -0.15) is 0 Å². The first kappa shape index (κ1) is 96.2. The van der Waals surface area contributed by atoms with E-state index in [0.717, 1.165) is 116 Å². The third kappa shape index (κ3) is 72.6. The van der Waals surface area contributed by atoms with E-state index in [-0.39, 0.29) is 25.7 Å². The van der Waals surface area contributed by atoms with Crippen molar-refractivity contribution in [3.05, 3.63) is 85.1 Å². The zero-order valence-electron chi connectivity index (χ0n) is 63.4. The summed E-state index contributed by atoms with van der Waals surface area (Å²) in [5.41, 5.74) is 0. The maximum absolute atomic E-state index is 13.1. The molecule has 17 nitrogen and oxygen atoms in total. The van der Waals surface area contributed by atoms with Gasteiger partial charge >= 0.3 is 39.5 Å². The standard InChI is InChI=1S/C81H144O17P2/c1-5-9-13-17-21-25-29-33-35-36-37-38-40-43-46-50-54-58-62-66-79(84)92-72-76(97-80(85)67-63-59-55-51-47-42-32-28-24-20-16-12-8-4)73-95-99(87,88)93-69-75(82)70-94-100(89,90)96-74-77(71-91-78(83)65-61-57-53-49-45-41-31-27-23-19-15-11-7-3)98-81(86)68-64-60-56-52-48-44-39-34-30-26-22-18-14-10-6-2/h9,13,21,25,33-35,37-39,43,46,54,58,75-77,82H,5-8,10-12,14-20,22-24,26-32,36,40-42,44-45,47-53,55-57,59-74H2,1-4H3,(H,87,88)(H,89,90)/b13-9-,25-21-,35-33-,38-37-,39-34-,46-43-,58-54-/t75-,76-,77-/m1/s1. The van der Waals surface area contributed by atoms with Crippen LogP contribution in [0.15, 0.2) is 85.1 Å². The molecule has 0 heterocycles. The van der Waals surface area contributed by atoms with E-state index >= 15 is 0 Å². The van der Waals surface area contributed by atoms with Crippen molar-refractivity contribution in [3.8, 4) is 0 Å². The number of aliphatic hydroxyl groups excluding tert-OH is 1. The molecule has 0 saturated heterocycles. The van der Waals surface area contributed by atoms with Gasteiger partial charge in [0, 0.05) is 25.7 Å². The van der Waals surface area contributed by atoms with E-state index in [1.165, 1.54) is 148 Å². The number of carbonyl (C=O) groups is 4. The first-order valence-corrected chi connectivity index (χ1v) is 42.8. The highest BCUT2D eigenvalue weighted by atomic mass is 31.2. The molecule has 0 rings (SSSR count). The Hall–Kier alpha value is -3.76. The molecule has 0 aromatic heterocycles. The number of esters is 4. The van der Waals surface area contributed by atoms with Gasteiger partial charge in [0.25, 0.3) is 0 Å². The molecular formula is C81H144O17P2. The third-order valence-corrected chi connectivity index (χ3v) is 18.8. The van der Waals surface area contributed by atoms with Crippen LogP contribution in [-0.4, -0.2) is 96.7 Å². The van der Waals surface area contributed by atoms with Crippen LogP contribution in [-0.2, 0) is 65.4 Å². The van der Waals surface area contributed by atoms with Crippen LogP contribution < -0.4 is 0 Å². The van der Waals surface area contributed by atoms with E-state index in [2.05, 4.69) is 94.5 Å². The number of unbranched alkanes of at least 4 members (excludes halogenated alkanes) is 35. The van der Waals surface area contributed by atoms with E-state index in [1.54, 1.807) is 0 Å². The smallest absolute Gasteiger partial charge is 0.462 e. The fourth-order valence-electron chi connectivity index (χ4n) is 10.8. The second-order valence-corrected chi connectivity index (χ2v) is 29.5. The van der Waals surface area contributed by atoms with E-state index in [9.17, 15) is 43.2 Å². The number of rotatable bonds is 75. The van der Waals surface area contributed by atoms with Crippen molar-refractivity contribution in [1.82, 2.24) is 0 Å². The molecule has 580 valence electrons. The van der Waals surface area contributed by atoms with Gasteiger partial charge in [-0.05, 0) is 89.9 Å². The molecule has 0 aliphatic heterocycles. The van der Waals surface area contributed by atoms with Crippen LogP contribution in [0.1, 0.15) is 349 Å². The molecule has 0 saturated carbocycles. The molecule has 0 spiro atoms. The highest BCUT2D eigenvalue weighted by Gasteiger charge is 2.30. The monoisotopic (exact) mass is 1450 g/mol. The van der Waals surface area contributed by atoms with Gasteiger partial charge in [0.05, 0.1) is 26.4 Å². The van der Waals surface area contributed by atoms with E-state index in [4.69, 9.17) is 37.0 Å². The van der Waals surface area contributed by atoms with Gasteiger partial charge in [-0.25, -0.2) is 9.13 Å². The van der Waals surface area contributed by atoms with Crippen molar-refractivity contribution in [2.75, 3.05) is 39.6 Å². The molecule has 3 N–H and O–H groups in total. The lowest BCUT2D eigenvalue weighted by molar-refractivity contribution is -0.161. The summed E-state index contributed by atoms with van der Waals surface area (Å²) in [6.45, 7) is 4.71. The minimum atomic E-state index is -4.99. The first-order valence-electron chi connectivity index (χ1n) is 39.8. The third-order valence-electron chi connectivity index (χ3n) is 16.9. The zero-order chi connectivity index (χ0) is 73.2. The van der Waals surface area contributed by atoms with E-state index in [0.29, 0.717) is 32.1 Å². The van der Waals surface area contributed by atoms with Gasteiger partial charge < -0.3 is 33.8 Å². The van der Waals surface area contributed by atoms with E-state index in [1.807, 2.05) is 18.2 Å². The molecule has 2 unspecified atom stereocenters. The largest absolute Gasteiger partial charge is 0.472 e. The fraction of sp³-hybridized carbons (Fsp3) is 0.778. The summed E-state index contributed by atoms with van der Waals surface area (Å²) in [6, 6.07) is 0. The molecule has 0 aromatic carbocycles. The summed E-state index contributed by atoms with van der Waals surface area (Å²) >= 11 is 0. The number of allylic oxidation sites excluding steroid dienone is 14. The van der Waals surface area contributed by atoms with Gasteiger partial charge in [-0.15, -0.1) is 0 Å². The van der Waals surface area contributed by atoms with E-state index < -0.39 is 97.5 Å². The molecule has 0 radical (unpaired) electrons. The summed E-state index contributed by atoms with van der Waals surface area (Å²) < 4.78 is 68.5. The highest BCUT2D eigenvalue weighted by molar-refractivity contribution is 7.47. The van der Waals surface area contributed by atoms with Crippen LogP contribution >= 0.6 is 15.6 Å².